The van der Waals surface area contributed by atoms with Crippen molar-refractivity contribution >= 4 is 59.7 Å². The fourth-order valence-corrected chi connectivity index (χ4v) is 8.19. The van der Waals surface area contributed by atoms with E-state index in [1.165, 1.54) is 30.6 Å². The van der Waals surface area contributed by atoms with Crippen molar-refractivity contribution in [2.24, 2.45) is 5.92 Å². The number of rotatable bonds is 13. The number of para-hydroxylation sites is 1. The Morgan fingerprint density at radius 2 is 1.85 bits per heavy atom. The number of carbonyl (C=O) groups is 2. The zero-order valence-electron chi connectivity index (χ0n) is 25.2. The van der Waals surface area contributed by atoms with Crippen LogP contribution in [0.3, 0.4) is 0 Å². The van der Waals surface area contributed by atoms with E-state index >= 15 is 0 Å². The molecular formula is C33H34N4O7S2. The fraction of sp³-hybridized carbons (Fsp3) is 0.333. The van der Waals surface area contributed by atoms with Crippen LogP contribution in [0.2, 0.25) is 0 Å². The highest BCUT2D eigenvalue weighted by atomic mass is 32.2. The zero-order chi connectivity index (χ0) is 32.3. The third-order valence-corrected chi connectivity index (χ3v) is 11.1. The van der Waals surface area contributed by atoms with E-state index in [1.54, 1.807) is 36.4 Å². The molecule has 0 spiro atoms. The summed E-state index contributed by atoms with van der Waals surface area (Å²) in [5.74, 6) is -0.597. The second kappa shape index (κ2) is 13.6. The van der Waals surface area contributed by atoms with Crippen molar-refractivity contribution in [1.82, 2.24) is 14.3 Å². The number of aliphatic carboxylic acids is 1. The van der Waals surface area contributed by atoms with Crippen molar-refractivity contribution in [1.29, 1.82) is 0 Å². The average Bonchev–Trinajstić information content (AvgIpc) is 3.80. The number of aromatic nitrogens is 2. The normalized spacial score (nSPS) is 14.7. The average molecular weight is 663 g/mol. The molecule has 6 rings (SSSR count). The van der Waals surface area contributed by atoms with Crippen molar-refractivity contribution < 1.29 is 32.3 Å². The SMILES string of the molecule is COc1ccc2nc(NC(=O)C(CC3CCCC3)c3ccc(S(=O)(=O)N(CCC(=O)O)Cc4cc5ccccc5o4)cc3)sc2n1. The van der Waals surface area contributed by atoms with Gasteiger partial charge in [0.25, 0.3) is 0 Å². The van der Waals surface area contributed by atoms with Crippen LogP contribution in [0.4, 0.5) is 5.13 Å². The lowest BCUT2D eigenvalue weighted by atomic mass is 9.87. The Morgan fingerprint density at radius 3 is 2.57 bits per heavy atom. The maximum atomic E-state index is 13.8. The van der Waals surface area contributed by atoms with Gasteiger partial charge in [0.05, 0.1) is 30.9 Å². The molecule has 1 saturated carbocycles. The summed E-state index contributed by atoms with van der Waals surface area (Å²) in [5, 5.41) is 13.5. The first-order valence-electron chi connectivity index (χ1n) is 15.1. The summed E-state index contributed by atoms with van der Waals surface area (Å²) in [4.78, 5) is 34.7. The van der Waals surface area contributed by atoms with Crippen molar-refractivity contribution in [2.45, 2.75) is 55.9 Å². The number of nitrogens with one attached hydrogen (secondary N) is 1. The third kappa shape index (κ3) is 7.06. The number of thiazole rings is 1. The molecule has 0 saturated heterocycles. The van der Waals surface area contributed by atoms with E-state index in [9.17, 15) is 23.1 Å². The highest BCUT2D eigenvalue weighted by Crippen LogP contribution is 2.36. The third-order valence-electron chi connectivity index (χ3n) is 8.33. The molecule has 1 atom stereocenters. The molecule has 0 aliphatic heterocycles. The zero-order valence-corrected chi connectivity index (χ0v) is 26.9. The maximum absolute atomic E-state index is 13.8. The molecule has 1 unspecified atom stereocenters. The second-order valence-electron chi connectivity index (χ2n) is 11.4. The lowest BCUT2D eigenvalue weighted by molar-refractivity contribution is -0.137. The molecule has 1 aliphatic rings. The van der Waals surface area contributed by atoms with Gasteiger partial charge in [0.2, 0.25) is 21.8 Å². The van der Waals surface area contributed by atoms with Gasteiger partial charge in [-0.15, -0.1) is 0 Å². The number of carboxylic acids is 1. The Labute approximate surface area is 270 Å². The molecule has 1 aliphatic carbocycles. The highest BCUT2D eigenvalue weighted by Gasteiger charge is 2.30. The molecule has 1 amide bonds. The number of hydrogen-bond donors (Lipinski definition) is 2. The van der Waals surface area contributed by atoms with Crippen molar-refractivity contribution in [3.05, 3.63) is 78.1 Å². The van der Waals surface area contributed by atoms with Gasteiger partial charge in [-0.2, -0.15) is 4.31 Å². The Balaban J connectivity index is 1.25. The maximum Gasteiger partial charge on any atom is 0.304 e. The van der Waals surface area contributed by atoms with Crippen molar-refractivity contribution in [2.75, 3.05) is 19.0 Å². The summed E-state index contributed by atoms with van der Waals surface area (Å²) in [5.41, 5.74) is 1.96. The number of amides is 1. The van der Waals surface area contributed by atoms with Crippen LogP contribution in [0.5, 0.6) is 5.88 Å². The molecule has 240 valence electrons. The topological polar surface area (TPSA) is 152 Å². The minimum atomic E-state index is -4.10. The van der Waals surface area contributed by atoms with Crippen LogP contribution in [-0.4, -0.2) is 53.3 Å². The molecule has 46 heavy (non-hydrogen) atoms. The smallest absolute Gasteiger partial charge is 0.304 e. The minimum Gasteiger partial charge on any atom is -0.481 e. The Bertz CT molecular complexity index is 1930. The number of furan rings is 1. The van der Waals surface area contributed by atoms with Gasteiger partial charge in [-0.3, -0.25) is 9.59 Å². The number of carbonyl (C=O) groups excluding carboxylic acids is 1. The van der Waals surface area contributed by atoms with E-state index in [1.807, 2.05) is 18.2 Å². The van der Waals surface area contributed by atoms with Gasteiger partial charge in [-0.1, -0.05) is 67.4 Å². The molecule has 1 fully saturated rings. The molecule has 11 nitrogen and oxygen atoms in total. The van der Waals surface area contributed by atoms with E-state index in [0.29, 0.717) is 50.6 Å². The molecule has 3 aromatic heterocycles. The Morgan fingerprint density at radius 1 is 1.09 bits per heavy atom. The summed E-state index contributed by atoms with van der Waals surface area (Å²) in [6.07, 6.45) is 4.60. The van der Waals surface area contributed by atoms with E-state index < -0.39 is 21.9 Å². The number of fused-ring (bicyclic) bond motifs is 2. The minimum absolute atomic E-state index is 0.00368. The summed E-state index contributed by atoms with van der Waals surface area (Å²) >= 11 is 1.26. The number of sulfonamides is 1. The first-order chi connectivity index (χ1) is 22.2. The number of methoxy groups -OCH3 is 1. The van der Waals surface area contributed by atoms with Crippen molar-refractivity contribution in [3.63, 3.8) is 0 Å². The Kier molecular flexibility index (Phi) is 9.34. The standard InChI is InChI=1S/C33H34N4O7S2/c1-43-29-15-14-27-32(35-29)45-33(34-27)36-31(40)26(18-21-6-2-3-7-21)22-10-12-25(13-11-22)46(41,42)37(17-16-30(38)39)20-24-19-23-8-4-5-9-28(23)44-24/h4-5,8-15,19,21,26H,2-3,6-7,16-18,20H2,1H3,(H,38,39)(H,34,36,40). The summed E-state index contributed by atoms with van der Waals surface area (Å²) in [6, 6.07) is 18.9. The van der Waals surface area contributed by atoms with Crippen LogP contribution in [0, 0.1) is 5.92 Å². The van der Waals surface area contributed by atoms with Crippen molar-refractivity contribution in [3.8, 4) is 5.88 Å². The van der Waals surface area contributed by atoms with E-state index in [2.05, 4.69) is 15.3 Å². The molecule has 0 radical (unpaired) electrons. The van der Waals surface area contributed by atoms with Crippen LogP contribution in [0.15, 0.2) is 76.0 Å². The number of anilines is 1. The van der Waals surface area contributed by atoms with Gasteiger partial charge in [-0.05, 0) is 48.2 Å². The lowest BCUT2D eigenvalue weighted by Crippen LogP contribution is -2.32. The van der Waals surface area contributed by atoms with Crippen LogP contribution >= 0.6 is 11.3 Å². The van der Waals surface area contributed by atoms with E-state index in [-0.39, 0.29) is 30.3 Å². The number of ether oxygens (including phenoxy) is 1. The van der Waals surface area contributed by atoms with Crippen LogP contribution < -0.4 is 10.1 Å². The lowest BCUT2D eigenvalue weighted by Gasteiger charge is -2.22. The molecule has 2 N–H and O–H groups in total. The quantitative estimate of drug-likeness (QED) is 0.146. The summed E-state index contributed by atoms with van der Waals surface area (Å²) < 4.78 is 39.8. The predicted octanol–water partition coefficient (Wildman–Crippen LogP) is 6.41. The summed E-state index contributed by atoms with van der Waals surface area (Å²) in [6.45, 7) is -0.353. The Hall–Kier alpha value is -4.33. The van der Waals surface area contributed by atoms with Gasteiger partial charge in [0, 0.05) is 18.0 Å². The molecule has 2 aromatic carbocycles. The van der Waals surface area contributed by atoms with E-state index in [0.717, 1.165) is 35.4 Å². The molecule has 13 heteroatoms. The van der Waals surface area contributed by atoms with Gasteiger partial charge < -0.3 is 19.6 Å². The van der Waals surface area contributed by atoms with Crippen LogP contribution in [0.25, 0.3) is 21.3 Å². The highest BCUT2D eigenvalue weighted by molar-refractivity contribution is 7.89. The van der Waals surface area contributed by atoms with E-state index in [4.69, 9.17) is 9.15 Å². The molecule has 5 aromatic rings. The monoisotopic (exact) mass is 662 g/mol. The molecule has 0 bridgehead atoms. The first-order valence-corrected chi connectivity index (χ1v) is 17.4. The number of benzene rings is 2. The first kappa shape index (κ1) is 31.6. The van der Waals surface area contributed by atoms with Crippen LogP contribution in [-0.2, 0) is 26.2 Å². The number of nitrogens with zero attached hydrogens (tertiary/aromatic N) is 3. The number of pyridine rings is 1. The molecule has 3 heterocycles. The fourth-order valence-electron chi connectivity index (χ4n) is 5.95. The van der Waals surface area contributed by atoms with Crippen LogP contribution in [0.1, 0.15) is 55.8 Å². The second-order valence-corrected chi connectivity index (χ2v) is 14.3. The van der Waals surface area contributed by atoms with Gasteiger partial charge in [0.15, 0.2) is 5.13 Å². The number of hydrogen-bond acceptors (Lipinski definition) is 9. The van der Waals surface area contributed by atoms with Gasteiger partial charge >= 0.3 is 5.97 Å². The summed E-state index contributed by atoms with van der Waals surface area (Å²) in [7, 11) is -2.56. The predicted molar refractivity (Wildman–Crippen MR) is 174 cm³/mol. The largest absolute Gasteiger partial charge is 0.481 e. The number of carboxylic acid groups (broad SMARTS) is 1. The van der Waals surface area contributed by atoms with Gasteiger partial charge in [0.1, 0.15) is 21.7 Å². The molecular weight excluding hydrogens is 629 g/mol. The van der Waals surface area contributed by atoms with Gasteiger partial charge in [-0.25, -0.2) is 18.4 Å².